The van der Waals surface area contributed by atoms with E-state index >= 15 is 0 Å². The van der Waals surface area contributed by atoms with Gasteiger partial charge < -0.3 is 10.4 Å². The van der Waals surface area contributed by atoms with Crippen LogP contribution >= 0.6 is 12.2 Å². The summed E-state index contributed by atoms with van der Waals surface area (Å²) in [6.45, 7) is 0. The summed E-state index contributed by atoms with van der Waals surface area (Å²) in [5.41, 5.74) is 1.66. The average Bonchev–Trinajstić information content (AvgIpc) is 2.60. The van der Waals surface area contributed by atoms with Crippen molar-refractivity contribution in [3.8, 4) is 0 Å². The van der Waals surface area contributed by atoms with Crippen LogP contribution < -0.4 is 10.9 Å². The third kappa shape index (κ3) is 2.03. The van der Waals surface area contributed by atoms with Crippen LogP contribution in [0.3, 0.4) is 0 Å². The Morgan fingerprint density at radius 1 is 1.47 bits per heavy atom. The average molecular weight is 266 g/mol. The van der Waals surface area contributed by atoms with Crippen molar-refractivity contribution in [3.63, 3.8) is 0 Å². The molecule has 10 heteroatoms. The highest BCUT2D eigenvalue weighted by molar-refractivity contribution is 7.80. The molecule has 3 N–H and O–H groups in total. The molecule has 0 saturated heterocycles. The van der Waals surface area contributed by atoms with E-state index in [-0.39, 0.29) is 21.5 Å². The fraction of sp³-hybridized carbons (Fsp3) is 0.143. The number of hydrogen-bond donors (Lipinski definition) is 3. The molecule has 6 nitrogen and oxygen atoms in total. The molecule has 2 heterocycles. The minimum atomic E-state index is -4.63. The van der Waals surface area contributed by atoms with Gasteiger partial charge in [-0.2, -0.15) is 0 Å². The maximum atomic E-state index is 12.4. The number of halogens is 3. The van der Waals surface area contributed by atoms with Crippen LogP contribution in [0.25, 0.3) is 0 Å². The number of fused-ring (bicyclic) bond motifs is 1. The third-order valence-corrected chi connectivity index (χ3v) is 2.25. The zero-order valence-electron chi connectivity index (χ0n) is 7.95. The van der Waals surface area contributed by atoms with Crippen molar-refractivity contribution in [2.24, 2.45) is 0 Å². The quantitative estimate of drug-likeness (QED) is 0.464. The van der Waals surface area contributed by atoms with Gasteiger partial charge in [0.15, 0.2) is 0 Å². The first kappa shape index (κ1) is 11.7. The molecule has 0 spiro atoms. The summed E-state index contributed by atoms with van der Waals surface area (Å²) < 4.78 is 37.1. The molecule has 0 fully saturated rings. The monoisotopic (exact) mass is 266 g/mol. The van der Waals surface area contributed by atoms with Gasteiger partial charge in [-0.1, -0.05) is 12.2 Å². The molecular weight excluding hydrogens is 261 g/mol. The Kier molecular flexibility index (Phi) is 2.47. The summed E-state index contributed by atoms with van der Waals surface area (Å²) in [6, 6.07) is 0. The Bertz CT molecular complexity index is 459. The van der Waals surface area contributed by atoms with E-state index in [1.807, 2.05) is 5.53 Å². The maximum absolute atomic E-state index is 12.4. The molecule has 2 aliphatic rings. The lowest BCUT2D eigenvalue weighted by molar-refractivity contribution is -0.249. The smallest absolute Gasteiger partial charge is 0.477 e. The number of carbonyl (C=O) groups is 1. The first-order chi connectivity index (χ1) is 7.79. The molecule has 0 amide bonds. The number of nitrogens with zero attached hydrogens (tertiary/aromatic N) is 2. The van der Waals surface area contributed by atoms with Crippen LogP contribution in [0.2, 0.25) is 0 Å². The van der Waals surface area contributed by atoms with Crippen molar-refractivity contribution >= 4 is 23.2 Å². The molecule has 0 aromatic carbocycles. The van der Waals surface area contributed by atoms with Crippen molar-refractivity contribution < 1.29 is 23.1 Å². The topological polar surface area (TPSA) is 67.8 Å². The standard InChI is InChI=1S/C7H5F3N4O2S/c8-7(9,10)13-2-4-11-3(6(15)16)1-5(17)14(4)12-13/h1-2,11-12H,(H,15,16). The fourth-order valence-electron chi connectivity index (χ4n) is 1.23. The minimum absolute atomic E-state index is 0.0841. The number of hydrogen-bond acceptors (Lipinski definition) is 5. The van der Waals surface area contributed by atoms with Crippen molar-refractivity contribution in [2.75, 3.05) is 0 Å². The molecule has 0 radical (unpaired) electrons. The number of aliphatic carboxylic acids is 1. The predicted octanol–water partition coefficient (Wildman–Crippen LogP) is 0.241. The van der Waals surface area contributed by atoms with Gasteiger partial charge in [-0.15, -0.1) is 18.7 Å². The van der Waals surface area contributed by atoms with Gasteiger partial charge >= 0.3 is 12.3 Å². The second kappa shape index (κ2) is 3.60. The Balaban J connectivity index is 2.27. The molecule has 0 atom stereocenters. The normalized spacial score (nSPS) is 19.6. The summed E-state index contributed by atoms with van der Waals surface area (Å²) in [5, 5.41) is 11.8. The Morgan fingerprint density at radius 3 is 2.65 bits per heavy atom. The number of alkyl halides is 3. The van der Waals surface area contributed by atoms with Crippen molar-refractivity contribution in [1.82, 2.24) is 20.9 Å². The van der Waals surface area contributed by atoms with Crippen LogP contribution in [0.5, 0.6) is 0 Å². The number of rotatable bonds is 1. The van der Waals surface area contributed by atoms with Gasteiger partial charge in [-0.3, -0.25) is 0 Å². The van der Waals surface area contributed by atoms with E-state index in [1.165, 1.54) is 0 Å². The van der Waals surface area contributed by atoms with E-state index in [1.54, 1.807) is 0 Å². The SMILES string of the molecule is O=C(O)C1=CC(=S)N2NN(C(F)(F)F)C=C2N1. The highest BCUT2D eigenvalue weighted by atomic mass is 32.1. The molecule has 0 aromatic heterocycles. The van der Waals surface area contributed by atoms with E-state index in [2.05, 4.69) is 5.32 Å². The zero-order chi connectivity index (χ0) is 12.8. The van der Waals surface area contributed by atoms with E-state index in [9.17, 15) is 18.0 Å². The van der Waals surface area contributed by atoms with E-state index in [4.69, 9.17) is 17.3 Å². The van der Waals surface area contributed by atoms with Gasteiger partial charge in [0.05, 0.1) is 6.20 Å². The largest absolute Gasteiger partial charge is 0.500 e. The number of carboxylic acid groups (broad SMARTS) is 1. The van der Waals surface area contributed by atoms with Gasteiger partial charge in [0.2, 0.25) is 0 Å². The maximum Gasteiger partial charge on any atom is 0.500 e. The fourth-order valence-corrected chi connectivity index (χ4v) is 1.49. The summed E-state index contributed by atoms with van der Waals surface area (Å²) >= 11 is 4.76. The van der Waals surface area contributed by atoms with E-state index in [0.717, 1.165) is 11.1 Å². The van der Waals surface area contributed by atoms with Crippen LogP contribution in [-0.4, -0.2) is 32.4 Å². The van der Waals surface area contributed by atoms with Crippen LogP contribution in [0.1, 0.15) is 0 Å². The van der Waals surface area contributed by atoms with E-state index in [0.29, 0.717) is 6.20 Å². The zero-order valence-corrected chi connectivity index (χ0v) is 8.76. The summed E-state index contributed by atoms with van der Waals surface area (Å²) in [4.78, 5) is 10.6. The molecule has 0 bridgehead atoms. The highest BCUT2D eigenvalue weighted by Crippen LogP contribution is 2.26. The number of thiocarbonyl (C=S) groups is 1. The lowest BCUT2D eigenvalue weighted by atomic mass is 10.3. The number of hydrazine groups is 2. The van der Waals surface area contributed by atoms with E-state index < -0.39 is 12.3 Å². The first-order valence-electron chi connectivity index (χ1n) is 4.19. The first-order valence-corrected chi connectivity index (χ1v) is 4.60. The van der Waals surface area contributed by atoms with Gasteiger partial charge in [0, 0.05) is 6.08 Å². The number of carboxylic acids is 1. The molecule has 0 aromatic rings. The second-order valence-corrected chi connectivity index (χ2v) is 3.53. The Hall–Kier alpha value is -1.81. The Morgan fingerprint density at radius 2 is 2.12 bits per heavy atom. The summed E-state index contributed by atoms with van der Waals surface area (Å²) in [7, 11) is 0. The van der Waals surface area contributed by atoms with Gasteiger partial charge in [0.1, 0.15) is 16.5 Å². The van der Waals surface area contributed by atoms with Crippen LogP contribution in [0, 0.1) is 0 Å². The molecule has 2 rings (SSSR count). The Labute approximate surface area is 97.9 Å². The van der Waals surface area contributed by atoms with Crippen LogP contribution in [0.4, 0.5) is 13.2 Å². The van der Waals surface area contributed by atoms with Crippen molar-refractivity contribution in [1.29, 1.82) is 0 Å². The van der Waals surface area contributed by atoms with Crippen LogP contribution in [0.15, 0.2) is 23.8 Å². The van der Waals surface area contributed by atoms with Gasteiger partial charge in [-0.05, 0) is 0 Å². The molecule has 0 aliphatic carbocycles. The molecular formula is C7H5F3N4O2S. The third-order valence-electron chi connectivity index (χ3n) is 1.95. The summed E-state index contributed by atoms with van der Waals surface area (Å²) in [5.74, 6) is -1.41. The minimum Gasteiger partial charge on any atom is -0.477 e. The lowest BCUT2D eigenvalue weighted by Gasteiger charge is -2.27. The molecule has 92 valence electrons. The van der Waals surface area contributed by atoms with Gasteiger partial charge in [-0.25, -0.2) is 14.8 Å². The predicted molar refractivity (Wildman–Crippen MR) is 52.4 cm³/mol. The van der Waals surface area contributed by atoms with Crippen molar-refractivity contribution in [2.45, 2.75) is 6.30 Å². The molecule has 0 saturated carbocycles. The molecule has 17 heavy (non-hydrogen) atoms. The second-order valence-electron chi connectivity index (χ2n) is 3.11. The highest BCUT2D eigenvalue weighted by Gasteiger charge is 2.42. The molecule has 2 aliphatic heterocycles. The lowest BCUT2D eigenvalue weighted by Crippen LogP contribution is -2.51. The number of nitrogens with one attached hydrogen (secondary N) is 2. The molecule has 0 unspecified atom stereocenters. The van der Waals surface area contributed by atoms with Crippen LogP contribution in [-0.2, 0) is 4.79 Å². The van der Waals surface area contributed by atoms with Crippen molar-refractivity contribution in [3.05, 3.63) is 23.8 Å². The van der Waals surface area contributed by atoms with Gasteiger partial charge in [0.25, 0.3) is 0 Å². The summed E-state index contributed by atoms with van der Waals surface area (Å²) in [6.07, 6.45) is -2.92.